The van der Waals surface area contributed by atoms with Crippen LogP contribution >= 0.6 is 0 Å². The molecule has 0 N–H and O–H groups in total. The molecule has 0 unspecified atom stereocenters. The predicted octanol–water partition coefficient (Wildman–Crippen LogP) is 4.22. The fraction of sp³-hybridized carbons (Fsp3) is 0.286. The molecule has 0 aromatic heterocycles. The van der Waals surface area contributed by atoms with E-state index in [0.717, 1.165) is 12.0 Å². The molecule has 122 valence electrons. The largest absolute Gasteiger partial charge is 0.300 e. The summed E-state index contributed by atoms with van der Waals surface area (Å²) < 4.78 is 0. The molecule has 1 atom stereocenters. The van der Waals surface area contributed by atoms with Gasteiger partial charge in [-0.1, -0.05) is 61.5 Å². The van der Waals surface area contributed by atoms with E-state index in [-0.39, 0.29) is 23.8 Å². The molecule has 1 aliphatic rings. The fourth-order valence-corrected chi connectivity index (χ4v) is 3.49. The maximum absolute atomic E-state index is 12.8. The van der Waals surface area contributed by atoms with Gasteiger partial charge in [-0.15, -0.1) is 0 Å². The van der Waals surface area contributed by atoms with Crippen molar-refractivity contribution >= 4 is 17.3 Å². The quantitative estimate of drug-likeness (QED) is 0.749. The maximum Gasteiger partial charge on any atom is 0.175 e. The van der Waals surface area contributed by atoms with Crippen LogP contribution in [0, 0.1) is 5.92 Å². The van der Waals surface area contributed by atoms with E-state index in [0.29, 0.717) is 17.5 Å². The summed E-state index contributed by atoms with van der Waals surface area (Å²) in [6.07, 6.45) is 1.48. The first-order chi connectivity index (χ1) is 11.6. The average Bonchev–Trinajstić information content (AvgIpc) is 2.86. The van der Waals surface area contributed by atoms with Crippen LogP contribution in [0.15, 0.2) is 54.6 Å². The Labute approximate surface area is 141 Å². The molecule has 3 rings (SSSR count). The molecule has 0 aliphatic heterocycles. The van der Waals surface area contributed by atoms with Crippen molar-refractivity contribution in [3.63, 3.8) is 0 Å². The van der Waals surface area contributed by atoms with Crippen molar-refractivity contribution in [2.24, 2.45) is 5.92 Å². The summed E-state index contributed by atoms with van der Waals surface area (Å²) in [4.78, 5) is 37.9. The molecule has 0 saturated heterocycles. The molecule has 2 aromatic rings. The number of fused-ring (bicyclic) bond motifs is 1. The van der Waals surface area contributed by atoms with Gasteiger partial charge in [-0.2, -0.15) is 0 Å². The first kappa shape index (κ1) is 16.3. The van der Waals surface area contributed by atoms with Crippen LogP contribution < -0.4 is 0 Å². The molecule has 0 amide bonds. The monoisotopic (exact) mass is 320 g/mol. The van der Waals surface area contributed by atoms with E-state index in [4.69, 9.17) is 0 Å². The Bertz CT molecular complexity index is 742. The summed E-state index contributed by atoms with van der Waals surface area (Å²) >= 11 is 0. The Balaban J connectivity index is 1.99. The lowest BCUT2D eigenvalue weighted by Gasteiger charge is -2.21. The number of rotatable bonds is 6. The first-order valence-corrected chi connectivity index (χ1v) is 8.37. The van der Waals surface area contributed by atoms with Gasteiger partial charge in [0.05, 0.1) is 5.92 Å². The van der Waals surface area contributed by atoms with Crippen LogP contribution in [0.4, 0.5) is 0 Å². The van der Waals surface area contributed by atoms with E-state index in [9.17, 15) is 14.4 Å². The fourth-order valence-electron chi connectivity index (χ4n) is 3.49. The molecule has 3 nitrogen and oxygen atoms in total. The lowest BCUT2D eigenvalue weighted by Crippen LogP contribution is -2.26. The van der Waals surface area contributed by atoms with Crippen LogP contribution in [0.5, 0.6) is 0 Å². The zero-order valence-corrected chi connectivity index (χ0v) is 13.7. The predicted molar refractivity (Wildman–Crippen MR) is 92.3 cm³/mol. The Morgan fingerprint density at radius 3 is 2.00 bits per heavy atom. The Kier molecular flexibility index (Phi) is 4.70. The zero-order chi connectivity index (χ0) is 17.1. The van der Waals surface area contributed by atoms with Gasteiger partial charge in [-0.3, -0.25) is 14.4 Å². The Hall–Kier alpha value is -2.55. The summed E-state index contributed by atoms with van der Waals surface area (Å²) in [6.45, 7) is 1.96. The van der Waals surface area contributed by atoms with Gasteiger partial charge in [0.15, 0.2) is 11.6 Å². The van der Waals surface area contributed by atoms with Crippen molar-refractivity contribution in [3.8, 4) is 0 Å². The molecular weight excluding hydrogens is 300 g/mol. The number of carbonyl (C=O) groups excluding carboxylic acids is 3. The van der Waals surface area contributed by atoms with E-state index in [1.54, 1.807) is 24.3 Å². The van der Waals surface area contributed by atoms with E-state index >= 15 is 0 Å². The van der Waals surface area contributed by atoms with E-state index < -0.39 is 11.8 Å². The van der Waals surface area contributed by atoms with Crippen LogP contribution in [-0.2, 0) is 4.79 Å². The van der Waals surface area contributed by atoms with Crippen molar-refractivity contribution in [1.82, 2.24) is 0 Å². The minimum absolute atomic E-state index is 0.0999. The summed E-state index contributed by atoms with van der Waals surface area (Å²) in [5, 5.41) is 0. The normalized spacial score (nSPS) is 15.4. The lowest BCUT2D eigenvalue weighted by molar-refractivity contribution is -0.119. The van der Waals surface area contributed by atoms with E-state index in [1.165, 1.54) is 0 Å². The van der Waals surface area contributed by atoms with Crippen LogP contribution in [0.1, 0.15) is 58.4 Å². The molecule has 24 heavy (non-hydrogen) atoms. The van der Waals surface area contributed by atoms with Crippen LogP contribution in [0.3, 0.4) is 0 Å². The van der Waals surface area contributed by atoms with Gasteiger partial charge in [-0.25, -0.2) is 0 Å². The average molecular weight is 320 g/mol. The Morgan fingerprint density at radius 2 is 1.46 bits per heavy atom. The van der Waals surface area contributed by atoms with Crippen molar-refractivity contribution in [2.75, 3.05) is 0 Å². The minimum Gasteiger partial charge on any atom is -0.300 e. The number of hydrogen-bond acceptors (Lipinski definition) is 3. The molecule has 2 aromatic carbocycles. The topological polar surface area (TPSA) is 51.2 Å². The van der Waals surface area contributed by atoms with Gasteiger partial charge in [0.2, 0.25) is 0 Å². The Morgan fingerprint density at radius 1 is 0.917 bits per heavy atom. The van der Waals surface area contributed by atoms with E-state index in [2.05, 4.69) is 0 Å². The molecule has 0 radical (unpaired) electrons. The van der Waals surface area contributed by atoms with Crippen molar-refractivity contribution in [1.29, 1.82) is 0 Å². The summed E-state index contributed by atoms with van der Waals surface area (Å²) in [5.41, 5.74) is 1.84. The van der Waals surface area contributed by atoms with Crippen molar-refractivity contribution in [2.45, 2.75) is 32.1 Å². The second-order valence-electron chi connectivity index (χ2n) is 6.26. The van der Waals surface area contributed by atoms with Crippen molar-refractivity contribution < 1.29 is 14.4 Å². The van der Waals surface area contributed by atoms with Gasteiger partial charge >= 0.3 is 0 Å². The van der Waals surface area contributed by atoms with Crippen LogP contribution in [-0.4, -0.2) is 17.3 Å². The highest BCUT2D eigenvalue weighted by Crippen LogP contribution is 2.38. The summed E-state index contributed by atoms with van der Waals surface area (Å²) in [5.74, 6) is -1.39. The smallest absolute Gasteiger partial charge is 0.175 e. The zero-order valence-electron chi connectivity index (χ0n) is 13.7. The minimum atomic E-state index is -0.786. The number of hydrogen-bond donors (Lipinski definition) is 0. The third kappa shape index (κ3) is 2.94. The highest BCUT2D eigenvalue weighted by atomic mass is 16.2. The molecule has 1 aliphatic carbocycles. The van der Waals surface area contributed by atoms with Gasteiger partial charge in [0.25, 0.3) is 0 Å². The highest BCUT2D eigenvalue weighted by molar-refractivity contribution is 6.27. The summed E-state index contributed by atoms with van der Waals surface area (Å²) in [6, 6.07) is 16.4. The standard InChI is InChI=1S/C21H20O3/c1-2-8-15(22)13-18(14-9-4-3-5-10-14)19-20(23)16-11-6-7-12-17(16)21(19)24/h3-7,9-12,18-19H,2,8,13H2,1H3/t18-/m0/s1. The molecule has 0 fully saturated rings. The van der Waals surface area contributed by atoms with Crippen LogP contribution in [0.25, 0.3) is 0 Å². The van der Waals surface area contributed by atoms with Gasteiger partial charge in [0.1, 0.15) is 5.78 Å². The third-order valence-corrected chi connectivity index (χ3v) is 4.63. The molecule has 0 spiro atoms. The SMILES string of the molecule is CCCC(=O)C[C@@H](c1ccccc1)C1C(=O)c2ccccc2C1=O. The molecule has 0 bridgehead atoms. The molecule has 0 heterocycles. The number of Topliss-reactive ketones (excluding diaryl/α,β-unsaturated/α-hetero) is 3. The molecule has 0 saturated carbocycles. The van der Waals surface area contributed by atoms with E-state index in [1.807, 2.05) is 37.3 Å². The third-order valence-electron chi connectivity index (χ3n) is 4.63. The second-order valence-corrected chi connectivity index (χ2v) is 6.26. The van der Waals surface area contributed by atoms with Gasteiger partial charge in [0, 0.05) is 29.9 Å². The first-order valence-electron chi connectivity index (χ1n) is 8.37. The molecular formula is C21H20O3. The number of ketones is 3. The second kappa shape index (κ2) is 6.91. The van der Waals surface area contributed by atoms with Crippen LogP contribution in [0.2, 0.25) is 0 Å². The summed E-state index contributed by atoms with van der Waals surface area (Å²) in [7, 11) is 0. The molecule has 3 heteroatoms. The number of benzene rings is 2. The highest BCUT2D eigenvalue weighted by Gasteiger charge is 2.44. The number of carbonyl (C=O) groups is 3. The maximum atomic E-state index is 12.8. The lowest BCUT2D eigenvalue weighted by atomic mass is 9.79. The van der Waals surface area contributed by atoms with Crippen molar-refractivity contribution in [3.05, 3.63) is 71.3 Å². The van der Waals surface area contributed by atoms with Gasteiger partial charge < -0.3 is 0 Å². The van der Waals surface area contributed by atoms with Gasteiger partial charge in [-0.05, 0) is 12.0 Å².